The standard InChI is InChI=1S/C18H21NO5S/c1-12-6-8-15(9-7-12)25(21,22)19(3)18(20)14-10-16(23-4)13(2)17(11-14)24-5/h6-11H,1-5H3. The predicted octanol–water partition coefficient (Wildman–Crippen LogP) is 2.78. The molecule has 0 N–H and O–H groups in total. The Hall–Kier alpha value is -2.54. The van der Waals surface area contributed by atoms with Crippen LogP contribution in [0.3, 0.4) is 0 Å². The van der Waals surface area contributed by atoms with Gasteiger partial charge in [-0.2, -0.15) is 0 Å². The first-order chi connectivity index (χ1) is 11.7. The van der Waals surface area contributed by atoms with Gasteiger partial charge in [0.2, 0.25) is 0 Å². The first kappa shape index (κ1) is 18.8. The fourth-order valence-electron chi connectivity index (χ4n) is 2.37. The third-order valence-corrected chi connectivity index (χ3v) is 5.72. The minimum atomic E-state index is -3.95. The second-order valence-corrected chi connectivity index (χ2v) is 7.57. The van der Waals surface area contributed by atoms with Crippen LogP contribution < -0.4 is 9.47 Å². The van der Waals surface area contributed by atoms with Crippen LogP contribution in [-0.2, 0) is 10.0 Å². The van der Waals surface area contributed by atoms with Gasteiger partial charge in [-0.25, -0.2) is 12.7 Å². The van der Waals surface area contributed by atoms with E-state index in [2.05, 4.69) is 0 Å². The van der Waals surface area contributed by atoms with Crippen molar-refractivity contribution in [3.8, 4) is 11.5 Å². The lowest BCUT2D eigenvalue weighted by molar-refractivity contribution is 0.0882. The molecule has 2 rings (SSSR count). The molecule has 7 heteroatoms. The van der Waals surface area contributed by atoms with Crippen molar-refractivity contribution in [2.45, 2.75) is 18.7 Å². The number of hydrogen-bond donors (Lipinski definition) is 0. The summed E-state index contributed by atoms with van der Waals surface area (Å²) >= 11 is 0. The number of sulfonamides is 1. The largest absolute Gasteiger partial charge is 0.496 e. The molecule has 0 spiro atoms. The summed E-state index contributed by atoms with van der Waals surface area (Å²) < 4.78 is 36.6. The summed E-state index contributed by atoms with van der Waals surface area (Å²) in [5, 5.41) is 0. The fraction of sp³-hybridized carbons (Fsp3) is 0.278. The van der Waals surface area contributed by atoms with E-state index in [0.717, 1.165) is 15.4 Å². The predicted molar refractivity (Wildman–Crippen MR) is 94.7 cm³/mol. The molecular formula is C18H21NO5S. The number of amides is 1. The van der Waals surface area contributed by atoms with Gasteiger partial charge in [-0.15, -0.1) is 0 Å². The fourth-order valence-corrected chi connectivity index (χ4v) is 3.49. The third-order valence-electron chi connectivity index (χ3n) is 3.96. The van der Waals surface area contributed by atoms with E-state index in [-0.39, 0.29) is 10.5 Å². The minimum Gasteiger partial charge on any atom is -0.496 e. The molecule has 2 aromatic carbocycles. The Kier molecular flexibility index (Phi) is 5.37. The summed E-state index contributed by atoms with van der Waals surface area (Å²) in [6, 6.07) is 9.32. The molecule has 0 saturated carbocycles. The molecule has 2 aromatic rings. The lowest BCUT2D eigenvalue weighted by atomic mass is 10.1. The molecule has 0 saturated heterocycles. The number of aryl methyl sites for hydroxylation is 1. The zero-order chi connectivity index (χ0) is 18.8. The molecule has 0 radical (unpaired) electrons. The normalized spacial score (nSPS) is 11.1. The van der Waals surface area contributed by atoms with Crippen LogP contribution in [0.2, 0.25) is 0 Å². The average Bonchev–Trinajstić information content (AvgIpc) is 2.61. The van der Waals surface area contributed by atoms with Crippen LogP contribution in [0.4, 0.5) is 0 Å². The Morgan fingerprint density at radius 1 is 0.960 bits per heavy atom. The zero-order valence-corrected chi connectivity index (χ0v) is 15.7. The van der Waals surface area contributed by atoms with E-state index in [1.165, 1.54) is 45.5 Å². The average molecular weight is 363 g/mol. The van der Waals surface area contributed by atoms with Crippen LogP contribution in [0.1, 0.15) is 21.5 Å². The van der Waals surface area contributed by atoms with Crippen LogP contribution in [0.15, 0.2) is 41.3 Å². The molecule has 0 bridgehead atoms. The molecule has 0 unspecified atom stereocenters. The maximum absolute atomic E-state index is 12.7. The molecule has 0 fully saturated rings. The van der Waals surface area contributed by atoms with Gasteiger partial charge in [0.25, 0.3) is 15.9 Å². The van der Waals surface area contributed by atoms with Gasteiger partial charge in [-0.3, -0.25) is 4.79 Å². The Labute approximate surface area is 148 Å². The number of nitrogens with zero attached hydrogens (tertiary/aromatic N) is 1. The Bertz CT molecular complexity index is 863. The maximum Gasteiger partial charge on any atom is 0.267 e. The summed E-state index contributed by atoms with van der Waals surface area (Å²) in [6.07, 6.45) is 0. The number of rotatable bonds is 5. The summed E-state index contributed by atoms with van der Waals surface area (Å²) in [7, 11) is 0.232. The molecule has 25 heavy (non-hydrogen) atoms. The lowest BCUT2D eigenvalue weighted by Gasteiger charge is -2.19. The quantitative estimate of drug-likeness (QED) is 0.817. The second-order valence-electron chi connectivity index (χ2n) is 5.60. The molecule has 1 amide bonds. The zero-order valence-electron chi connectivity index (χ0n) is 14.9. The van der Waals surface area contributed by atoms with Gasteiger partial charge in [-0.05, 0) is 38.1 Å². The molecular weight excluding hydrogens is 342 g/mol. The summed E-state index contributed by atoms with van der Waals surface area (Å²) in [5.41, 5.74) is 1.82. The minimum absolute atomic E-state index is 0.0555. The Morgan fingerprint density at radius 2 is 1.44 bits per heavy atom. The van der Waals surface area contributed by atoms with E-state index in [1.54, 1.807) is 19.1 Å². The Balaban J connectivity index is 2.44. The summed E-state index contributed by atoms with van der Waals surface area (Å²) in [4.78, 5) is 12.8. The van der Waals surface area contributed by atoms with Gasteiger partial charge in [0.1, 0.15) is 11.5 Å². The van der Waals surface area contributed by atoms with E-state index in [0.29, 0.717) is 11.5 Å². The second kappa shape index (κ2) is 7.14. The van der Waals surface area contributed by atoms with Crippen LogP contribution >= 0.6 is 0 Å². The monoisotopic (exact) mass is 363 g/mol. The summed E-state index contributed by atoms with van der Waals surface area (Å²) in [6.45, 7) is 3.65. The number of benzene rings is 2. The first-order valence-corrected chi connectivity index (χ1v) is 8.99. The van der Waals surface area contributed by atoms with Crippen molar-refractivity contribution >= 4 is 15.9 Å². The van der Waals surface area contributed by atoms with Crippen molar-refractivity contribution in [1.82, 2.24) is 4.31 Å². The number of methoxy groups -OCH3 is 2. The smallest absolute Gasteiger partial charge is 0.267 e. The van der Waals surface area contributed by atoms with E-state index in [9.17, 15) is 13.2 Å². The highest BCUT2D eigenvalue weighted by Gasteiger charge is 2.27. The van der Waals surface area contributed by atoms with Gasteiger partial charge in [0, 0.05) is 18.2 Å². The maximum atomic E-state index is 12.7. The molecule has 0 aliphatic carbocycles. The number of hydrogen-bond acceptors (Lipinski definition) is 5. The van der Waals surface area contributed by atoms with Gasteiger partial charge >= 0.3 is 0 Å². The van der Waals surface area contributed by atoms with E-state index in [1.807, 2.05) is 6.92 Å². The SMILES string of the molecule is COc1cc(C(=O)N(C)S(=O)(=O)c2ccc(C)cc2)cc(OC)c1C. The molecule has 134 valence electrons. The molecule has 0 aromatic heterocycles. The van der Waals surface area contributed by atoms with Crippen molar-refractivity contribution < 1.29 is 22.7 Å². The van der Waals surface area contributed by atoms with Crippen LogP contribution in [-0.4, -0.2) is 39.9 Å². The highest BCUT2D eigenvalue weighted by Crippen LogP contribution is 2.30. The van der Waals surface area contributed by atoms with Crippen LogP contribution in [0.5, 0.6) is 11.5 Å². The molecule has 0 aliphatic heterocycles. The Morgan fingerprint density at radius 3 is 1.88 bits per heavy atom. The van der Waals surface area contributed by atoms with Crippen LogP contribution in [0.25, 0.3) is 0 Å². The van der Waals surface area contributed by atoms with Gasteiger partial charge in [0.05, 0.1) is 19.1 Å². The van der Waals surface area contributed by atoms with Crippen molar-refractivity contribution in [2.24, 2.45) is 0 Å². The number of carbonyl (C=O) groups is 1. The third kappa shape index (κ3) is 3.61. The van der Waals surface area contributed by atoms with Gasteiger partial charge in [0.15, 0.2) is 0 Å². The topological polar surface area (TPSA) is 72.9 Å². The molecule has 0 heterocycles. The van der Waals surface area contributed by atoms with E-state index >= 15 is 0 Å². The van der Waals surface area contributed by atoms with E-state index in [4.69, 9.17) is 9.47 Å². The molecule has 6 nitrogen and oxygen atoms in total. The van der Waals surface area contributed by atoms with Crippen molar-refractivity contribution in [1.29, 1.82) is 0 Å². The number of ether oxygens (including phenoxy) is 2. The van der Waals surface area contributed by atoms with Crippen molar-refractivity contribution in [2.75, 3.05) is 21.3 Å². The van der Waals surface area contributed by atoms with Gasteiger partial charge < -0.3 is 9.47 Å². The highest BCUT2D eigenvalue weighted by atomic mass is 32.2. The lowest BCUT2D eigenvalue weighted by Crippen LogP contribution is -2.33. The molecule has 0 atom stereocenters. The van der Waals surface area contributed by atoms with Crippen molar-refractivity contribution in [3.63, 3.8) is 0 Å². The molecule has 0 aliphatic rings. The van der Waals surface area contributed by atoms with Gasteiger partial charge in [-0.1, -0.05) is 17.7 Å². The van der Waals surface area contributed by atoms with E-state index < -0.39 is 15.9 Å². The first-order valence-electron chi connectivity index (χ1n) is 7.55. The highest BCUT2D eigenvalue weighted by molar-refractivity contribution is 7.89. The summed E-state index contributed by atoms with van der Waals surface area (Å²) in [5.74, 6) is 0.227. The number of carbonyl (C=O) groups excluding carboxylic acids is 1. The van der Waals surface area contributed by atoms with Crippen LogP contribution in [0, 0.1) is 13.8 Å². The van der Waals surface area contributed by atoms with Crippen molar-refractivity contribution in [3.05, 3.63) is 53.1 Å².